The first-order valence-electron chi connectivity index (χ1n) is 7.00. The normalized spacial score (nSPS) is 16.6. The monoisotopic (exact) mass is 301 g/mol. The van der Waals surface area contributed by atoms with E-state index in [0.717, 1.165) is 37.8 Å². The van der Waals surface area contributed by atoms with E-state index >= 15 is 0 Å². The zero-order chi connectivity index (χ0) is 15.5. The summed E-state index contributed by atoms with van der Waals surface area (Å²) in [5.41, 5.74) is 0.373. The highest BCUT2D eigenvalue weighted by molar-refractivity contribution is 5.94. The number of hydrogen-bond donors (Lipinski definition) is 0. The molecule has 1 saturated carbocycles. The Morgan fingerprint density at radius 3 is 2.24 bits per heavy atom. The smallest absolute Gasteiger partial charge is 0.406 e. The number of carbonyl (C=O) groups is 1. The molecule has 0 N–H and O–H groups in total. The molecule has 0 aromatic heterocycles. The second kappa shape index (κ2) is 6.37. The summed E-state index contributed by atoms with van der Waals surface area (Å²) in [7, 11) is 1.75. The van der Waals surface area contributed by atoms with Crippen molar-refractivity contribution in [3.05, 3.63) is 29.8 Å². The fourth-order valence-electron chi connectivity index (χ4n) is 2.64. The molecule has 0 atom stereocenters. The fourth-order valence-corrected chi connectivity index (χ4v) is 2.64. The average molecular weight is 301 g/mol. The van der Waals surface area contributed by atoms with E-state index in [1.807, 2.05) is 0 Å². The zero-order valence-corrected chi connectivity index (χ0v) is 11.8. The van der Waals surface area contributed by atoms with Crippen molar-refractivity contribution < 1.29 is 22.7 Å². The fraction of sp³-hybridized carbons (Fsp3) is 0.533. The van der Waals surface area contributed by atoms with Gasteiger partial charge in [0.2, 0.25) is 0 Å². The first kappa shape index (κ1) is 15.7. The van der Waals surface area contributed by atoms with Crippen LogP contribution in [0, 0.1) is 0 Å². The van der Waals surface area contributed by atoms with E-state index in [4.69, 9.17) is 0 Å². The summed E-state index contributed by atoms with van der Waals surface area (Å²) < 4.78 is 40.0. The number of halogens is 3. The molecule has 0 bridgehead atoms. The summed E-state index contributed by atoms with van der Waals surface area (Å²) in [6.45, 7) is 0. The SMILES string of the molecule is CN(C(=O)c1ccc(OC(F)(F)F)cc1)C1CCCCC1. The van der Waals surface area contributed by atoms with Gasteiger partial charge in [-0.2, -0.15) is 0 Å². The molecule has 6 heteroatoms. The minimum Gasteiger partial charge on any atom is -0.406 e. The highest BCUT2D eigenvalue weighted by Gasteiger charge is 2.31. The minimum absolute atomic E-state index is 0.166. The Hall–Kier alpha value is -1.72. The second-order valence-electron chi connectivity index (χ2n) is 5.28. The predicted molar refractivity (Wildman–Crippen MR) is 72.1 cm³/mol. The first-order valence-corrected chi connectivity index (χ1v) is 7.00. The topological polar surface area (TPSA) is 29.5 Å². The molecular formula is C15H18F3NO2. The maximum atomic E-state index is 12.3. The molecule has 1 aliphatic rings. The summed E-state index contributed by atoms with van der Waals surface area (Å²) in [5, 5.41) is 0. The molecule has 1 aromatic carbocycles. The van der Waals surface area contributed by atoms with E-state index < -0.39 is 6.36 Å². The van der Waals surface area contributed by atoms with Gasteiger partial charge in [0.25, 0.3) is 5.91 Å². The molecule has 0 saturated heterocycles. The molecule has 116 valence electrons. The Morgan fingerprint density at radius 1 is 1.14 bits per heavy atom. The Morgan fingerprint density at radius 2 is 1.71 bits per heavy atom. The van der Waals surface area contributed by atoms with Gasteiger partial charge in [0.05, 0.1) is 0 Å². The number of amides is 1. The van der Waals surface area contributed by atoms with Crippen LogP contribution in [0.2, 0.25) is 0 Å². The number of benzene rings is 1. The van der Waals surface area contributed by atoms with Crippen LogP contribution in [-0.2, 0) is 0 Å². The van der Waals surface area contributed by atoms with Crippen molar-refractivity contribution in [1.82, 2.24) is 4.90 Å². The molecule has 3 nitrogen and oxygen atoms in total. The summed E-state index contributed by atoms with van der Waals surface area (Å²) in [6, 6.07) is 5.27. The lowest BCUT2D eigenvalue weighted by Crippen LogP contribution is -2.38. The molecule has 1 amide bonds. The Labute approximate surface area is 121 Å². The second-order valence-corrected chi connectivity index (χ2v) is 5.28. The minimum atomic E-state index is -4.72. The lowest BCUT2D eigenvalue weighted by Gasteiger charge is -2.31. The summed E-state index contributed by atoms with van der Waals surface area (Å²) in [5.74, 6) is -0.486. The van der Waals surface area contributed by atoms with Crippen LogP contribution < -0.4 is 4.74 Å². The lowest BCUT2D eigenvalue weighted by atomic mass is 9.94. The van der Waals surface area contributed by atoms with Gasteiger partial charge in [0.15, 0.2) is 0 Å². The lowest BCUT2D eigenvalue weighted by molar-refractivity contribution is -0.274. The van der Waals surface area contributed by atoms with Gasteiger partial charge in [-0.25, -0.2) is 0 Å². The standard InChI is InChI=1S/C15H18F3NO2/c1-19(12-5-3-2-4-6-12)14(20)11-7-9-13(10-8-11)21-15(16,17)18/h7-10,12H,2-6H2,1H3. The highest BCUT2D eigenvalue weighted by Crippen LogP contribution is 2.25. The van der Waals surface area contributed by atoms with Crippen molar-refractivity contribution in [1.29, 1.82) is 0 Å². The zero-order valence-electron chi connectivity index (χ0n) is 11.8. The number of hydrogen-bond acceptors (Lipinski definition) is 2. The molecule has 0 unspecified atom stereocenters. The Balaban J connectivity index is 2.02. The van der Waals surface area contributed by atoms with E-state index in [2.05, 4.69) is 4.74 Å². The molecule has 0 radical (unpaired) electrons. The third-order valence-electron chi connectivity index (χ3n) is 3.78. The molecule has 21 heavy (non-hydrogen) atoms. The van der Waals surface area contributed by atoms with Crippen LogP contribution in [0.3, 0.4) is 0 Å². The van der Waals surface area contributed by atoms with Gasteiger partial charge in [-0.05, 0) is 37.1 Å². The molecule has 0 spiro atoms. The van der Waals surface area contributed by atoms with Gasteiger partial charge in [-0.15, -0.1) is 13.2 Å². The third kappa shape index (κ3) is 4.37. The van der Waals surface area contributed by atoms with E-state index in [-0.39, 0.29) is 17.7 Å². The number of ether oxygens (including phenoxy) is 1. The van der Waals surface area contributed by atoms with E-state index in [9.17, 15) is 18.0 Å². The molecule has 0 aliphatic heterocycles. The van der Waals surface area contributed by atoms with Crippen molar-refractivity contribution >= 4 is 5.91 Å². The summed E-state index contributed by atoms with van der Waals surface area (Å²) >= 11 is 0. The van der Waals surface area contributed by atoms with Crippen molar-refractivity contribution in [2.45, 2.75) is 44.5 Å². The van der Waals surface area contributed by atoms with Crippen LogP contribution >= 0.6 is 0 Å². The van der Waals surface area contributed by atoms with Crippen LogP contribution in [0.4, 0.5) is 13.2 Å². The van der Waals surface area contributed by atoms with Gasteiger partial charge in [0.1, 0.15) is 5.75 Å². The van der Waals surface area contributed by atoms with Crippen molar-refractivity contribution in [2.75, 3.05) is 7.05 Å². The Kier molecular flexibility index (Phi) is 4.75. The van der Waals surface area contributed by atoms with Crippen LogP contribution in [0.15, 0.2) is 24.3 Å². The van der Waals surface area contributed by atoms with Gasteiger partial charge in [0, 0.05) is 18.7 Å². The van der Waals surface area contributed by atoms with Gasteiger partial charge >= 0.3 is 6.36 Å². The van der Waals surface area contributed by atoms with Crippen molar-refractivity contribution in [3.63, 3.8) is 0 Å². The van der Waals surface area contributed by atoms with Gasteiger partial charge in [-0.1, -0.05) is 19.3 Å². The van der Waals surface area contributed by atoms with Crippen LogP contribution in [0.1, 0.15) is 42.5 Å². The highest BCUT2D eigenvalue weighted by atomic mass is 19.4. The predicted octanol–water partition coefficient (Wildman–Crippen LogP) is 3.99. The van der Waals surface area contributed by atoms with Gasteiger partial charge < -0.3 is 9.64 Å². The molecule has 1 fully saturated rings. The molecular weight excluding hydrogens is 283 g/mol. The van der Waals surface area contributed by atoms with Crippen LogP contribution in [0.5, 0.6) is 5.75 Å². The van der Waals surface area contributed by atoms with E-state index in [1.54, 1.807) is 11.9 Å². The quantitative estimate of drug-likeness (QED) is 0.845. The third-order valence-corrected chi connectivity index (χ3v) is 3.78. The van der Waals surface area contributed by atoms with Crippen molar-refractivity contribution in [3.8, 4) is 5.75 Å². The number of alkyl halides is 3. The van der Waals surface area contributed by atoms with Crippen LogP contribution in [0.25, 0.3) is 0 Å². The molecule has 0 heterocycles. The first-order chi connectivity index (χ1) is 9.87. The summed E-state index contributed by atoms with van der Waals surface area (Å²) in [4.78, 5) is 14.0. The van der Waals surface area contributed by atoms with E-state index in [1.165, 1.54) is 18.6 Å². The number of nitrogens with zero attached hydrogens (tertiary/aromatic N) is 1. The molecule has 1 aromatic rings. The Bertz CT molecular complexity index is 479. The number of carbonyl (C=O) groups excluding carboxylic acids is 1. The molecule has 1 aliphatic carbocycles. The molecule has 2 rings (SSSR count). The largest absolute Gasteiger partial charge is 0.573 e. The summed E-state index contributed by atoms with van der Waals surface area (Å²) in [6.07, 6.45) is 0.669. The van der Waals surface area contributed by atoms with Gasteiger partial charge in [-0.3, -0.25) is 4.79 Å². The van der Waals surface area contributed by atoms with Crippen LogP contribution in [-0.4, -0.2) is 30.3 Å². The van der Waals surface area contributed by atoms with E-state index in [0.29, 0.717) is 5.56 Å². The maximum Gasteiger partial charge on any atom is 0.573 e. The van der Waals surface area contributed by atoms with Crippen molar-refractivity contribution in [2.24, 2.45) is 0 Å². The maximum absolute atomic E-state index is 12.3. The number of rotatable bonds is 3. The average Bonchev–Trinajstić information content (AvgIpc) is 2.46.